The minimum absolute atomic E-state index is 0.0718. The van der Waals surface area contributed by atoms with Gasteiger partial charge in [0.1, 0.15) is 11.5 Å². The lowest BCUT2D eigenvalue weighted by molar-refractivity contribution is 0.0954. The lowest BCUT2D eigenvalue weighted by Crippen LogP contribution is -2.25. The molecule has 0 bridgehead atoms. The maximum atomic E-state index is 11.9. The van der Waals surface area contributed by atoms with Crippen molar-refractivity contribution in [1.82, 2.24) is 5.32 Å². The molecule has 1 amide bonds. The highest BCUT2D eigenvalue weighted by Crippen LogP contribution is 2.24. The van der Waals surface area contributed by atoms with E-state index in [1.54, 1.807) is 26.4 Å². The third-order valence-corrected chi connectivity index (χ3v) is 3.20. The number of nitrogens with one attached hydrogen (secondary N) is 1. The molecule has 0 aliphatic heterocycles. The van der Waals surface area contributed by atoms with Gasteiger partial charge < -0.3 is 14.8 Å². The van der Waals surface area contributed by atoms with Gasteiger partial charge in [-0.1, -0.05) is 18.2 Å². The lowest BCUT2D eigenvalue weighted by Gasteiger charge is -2.11. The smallest absolute Gasteiger partial charge is 0.251 e. The van der Waals surface area contributed by atoms with E-state index in [9.17, 15) is 4.79 Å². The van der Waals surface area contributed by atoms with Gasteiger partial charge in [0, 0.05) is 12.1 Å². The van der Waals surface area contributed by atoms with Gasteiger partial charge in [-0.15, -0.1) is 0 Å². The van der Waals surface area contributed by atoms with E-state index in [2.05, 4.69) is 5.32 Å². The molecule has 0 aliphatic rings. The summed E-state index contributed by atoms with van der Waals surface area (Å²) < 4.78 is 10.5. The lowest BCUT2D eigenvalue weighted by atomic mass is 10.1. The number of amides is 1. The average Bonchev–Trinajstić information content (AvgIpc) is 2.55. The van der Waals surface area contributed by atoms with E-state index in [0.717, 1.165) is 17.1 Å². The van der Waals surface area contributed by atoms with Crippen molar-refractivity contribution < 1.29 is 14.3 Å². The summed E-state index contributed by atoms with van der Waals surface area (Å²) in [5.41, 5.74) is 1.67. The van der Waals surface area contributed by atoms with E-state index in [1.165, 1.54) is 0 Å². The van der Waals surface area contributed by atoms with Crippen molar-refractivity contribution in [3.05, 3.63) is 59.7 Å². The monoisotopic (exact) mass is 285 g/mol. The number of hydrogen-bond donors (Lipinski definition) is 1. The summed E-state index contributed by atoms with van der Waals surface area (Å²) in [6.45, 7) is 0.539. The Balaban J connectivity index is 1.95. The van der Waals surface area contributed by atoms with Crippen LogP contribution in [0.1, 0.15) is 15.9 Å². The van der Waals surface area contributed by atoms with Crippen molar-refractivity contribution in [1.29, 1.82) is 0 Å². The Morgan fingerprint density at radius 1 is 1.05 bits per heavy atom. The predicted octanol–water partition coefficient (Wildman–Crippen LogP) is 2.68. The molecule has 110 valence electrons. The molecule has 21 heavy (non-hydrogen) atoms. The van der Waals surface area contributed by atoms with Crippen LogP contribution < -0.4 is 14.8 Å². The summed E-state index contributed by atoms with van der Waals surface area (Å²) in [4.78, 5) is 11.9. The second kappa shape index (κ2) is 7.33. The Kier molecular flexibility index (Phi) is 5.21. The highest BCUT2D eigenvalue weighted by Gasteiger charge is 2.07. The molecule has 0 aliphatic carbocycles. The van der Waals surface area contributed by atoms with Crippen LogP contribution in [-0.2, 0) is 6.42 Å². The quantitative estimate of drug-likeness (QED) is 0.887. The minimum Gasteiger partial charge on any atom is -0.497 e. The van der Waals surface area contributed by atoms with Crippen LogP contribution in [0.2, 0.25) is 0 Å². The number of rotatable bonds is 6. The first kappa shape index (κ1) is 14.9. The van der Waals surface area contributed by atoms with Gasteiger partial charge in [-0.05, 0) is 42.3 Å². The summed E-state index contributed by atoms with van der Waals surface area (Å²) in [6.07, 6.45) is 0.680. The van der Waals surface area contributed by atoms with Gasteiger partial charge in [0.2, 0.25) is 0 Å². The number of hydrogen-bond acceptors (Lipinski definition) is 3. The van der Waals surface area contributed by atoms with Gasteiger partial charge in [0.15, 0.2) is 0 Å². The molecule has 4 heteroatoms. The van der Waals surface area contributed by atoms with E-state index in [0.29, 0.717) is 18.5 Å². The third-order valence-electron chi connectivity index (χ3n) is 3.20. The van der Waals surface area contributed by atoms with E-state index in [-0.39, 0.29) is 5.91 Å². The Morgan fingerprint density at radius 2 is 1.81 bits per heavy atom. The average molecular weight is 285 g/mol. The summed E-state index contributed by atoms with van der Waals surface area (Å²) in [6, 6.07) is 14.8. The Bertz CT molecular complexity index is 596. The van der Waals surface area contributed by atoms with Crippen LogP contribution in [0.5, 0.6) is 11.5 Å². The van der Waals surface area contributed by atoms with Crippen molar-refractivity contribution in [2.75, 3.05) is 20.8 Å². The fraction of sp³-hybridized carbons (Fsp3) is 0.235. The number of ether oxygens (including phenoxy) is 2. The summed E-state index contributed by atoms with van der Waals surface area (Å²) in [5.74, 6) is 1.50. The van der Waals surface area contributed by atoms with E-state index >= 15 is 0 Å². The molecule has 4 nitrogen and oxygen atoms in total. The maximum absolute atomic E-state index is 11.9. The zero-order valence-electron chi connectivity index (χ0n) is 12.3. The zero-order valence-corrected chi connectivity index (χ0v) is 12.3. The molecule has 0 unspecified atom stereocenters. The third kappa shape index (κ3) is 3.99. The van der Waals surface area contributed by atoms with Crippen LogP contribution >= 0.6 is 0 Å². The topological polar surface area (TPSA) is 47.6 Å². The van der Waals surface area contributed by atoms with Crippen molar-refractivity contribution in [2.24, 2.45) is 0 Å². The molecule has 2 aromatic carbocycles. The largest absolute Gasteiger partial charge is 0.497 e. The van der Waals surface area contributed by atoms with E-state index in [1.807, 2.05) is 36.4 Å². The molecule has 0 aromatic heterocycles. The zero-order chi connectivity index (χ0) is 15.1. The Morgan fingerprint density at radius 3 is 2.48 bits per heavy atom. The first-order chi connectivity index (χ1) is 10.2. The normalized spacial score (nSPS) is 10.0. The van der Waals surface area contributed by atoms with Crippen LogP contribution in [0.4, 0.5) is 0 Å². The van der Waals surface area contributed by atoms with Crippen LogP contribution in [-0.4, -0.2) is 26.7 Å². The fourth-order valence-corrected chi connectivity index (χ4v) is 2.08. The highest BCUT2D eigenvalue weighted by molar-refractivity contribution is 5.94. The van der Waals surface area contributed by atoms with Gasteiger partial charge >= 0.3 is 0 Å². The van der Waals surface area contributed by atoms with Crippen LogP contribution in [0.25, 0.3) is 0 Å². The van der Waals surface area contributed by atoms with Gasteiger partial charge in [0.25, 0.3) is 5.91 Å². The SMILES string of the molecule is COc1ccc(OC)c(CCNC(=O)c2ccccc2)c1. The first-order valence-corrected chi connectivity index (χ1v) is 6.78. The first-order valence-electron chi connectivity index (χ1n) is 6.78. The minimum atomic E-state index is -0.0718. The Labute approximate surface area is 124 Å². The molecular formula is C17H19NO3. The molecule has 2 aromatic rings. The molecule has 0 spiro atoms. The van der Waals surface area contributed by atoms with Crippen molar-refractivity contribution in [3.8, 4) is 11.5 Å². The van der Waals surface area contributed by atoms with Gasteiger partial charge in [-0.25, -0.2) is 0 Å². The van der Waals surface area contributed by atoms with E-state index < -0.39 is 0 Å². The molecule has 0 saturated carbocycles. The molecule has 1 N–H and O–H groups in total. The second-order valence-corrected chi connectivity index (χ2v) is 4.55. The standard InChI is InChI=1S/C17H19NO3/c1-20-15-8-9-16(21-2)14(12-15)10-11-18-17(19)13-6-4-3-5-7-13/h3-9,12H,10-11H2,1-2H3,(H,18,19). The maximum Gasteiger partial charge on any atom is 0.251 e. The molecule has 0 radical (unpaired) electrons. The van der Waals surface area contributed by atoms with E-state index in [4.69, 9.17) is 9.47 Å². The Hall–Kier alpha value is -2.49. The summed E-state index contributed by atoms with van der Waals surface area (Å²) in [5, 5.41) is 2.90. The summed E-state index contributed by atoms with van der Waals surface area (Å²) in [7, 11) is 3.26. The van der Waals surface area contributed by atoms with Crippen LogP contribution in [0.3, 0.4) is 0 Å². The van der Waals surface area contributed by atoms with Gasteiger partial charge in [-0.3, -0.25) is 4.79 Å². The molecule has 0 atom stereocenters. The number of benzene rings is 2. The highest BCUT2D eigenvalue weighted by atomic mass is 16.5. The van der Waals surface area contributed by atoms with Crippen LogP contribution in [0.15, 0.2) is 48.5 Å². The second-order valence-electron chi connectivity index (χ2n) is 4.55. The number of carbonyl (C=O) groups excluding carboxylic acids is 1. The predicted molar refractivity (Wildman–Crippen MR) is 82.0 cm³/mol. The molecule has 0 fully saturated rings. The van der Waals surface area contributed by atoms with Gasteiger partial charge in [0.05, 0.1) is 14.2 Å². The van der Waals surface area contributed by atoms with Crippen molar-refractivity contribution >= 4 is 5.91 Å². The molecule has 0 saturated heterocycles. The van der Waals surface area contributed by atoms with Crippen LogP contribution in [0, 0.1) is 0 Å². The van der Waals surface area contributed by atoms with Gasteiger partial charge in [-0.2, -0.15) is 0 Å². The molecular weight excluding hydrogens is 266 g/mol. The fourth-order valence-electron chi connectivity index (χ4n) is 2.08. The molecule has 2 rings (SSSR count). The van der Waals surface area contributed by atoms with Crippen molar-refractivity contribution in [3.63, 3.8) is 0 Å². The van der Waals surface area contributed by atoms with Crippen molar-refractivity contribution in [2.45, 2.75) is 6.42 Å². The molecule has 0 heterocycles. The number of methoxy groups -OCH3 is 2. The summed E-state index contributed by atoms with van der Waals surface area (Å²) >= 11 is 0. The number of carbonyl (C=O) groups is 1.